The summed E-state index contributed by atoms with van der Waals surface area (Å²) >= 11 is 0. The molecule has 0 saturated heterocycles. The van der Waals surface area contributed by atoms with Crippen molar-refractivity contribution in [3.8, 4) is 5.69 Å². The van der Waals surface area contributed by atoms with Gasteiger partial charge in [-0.15, -0.1) is 5.10 Å². The van der Waals surface area contributed by atoms with Crippen LogP contribution < -0.4 is 5.32 Å². The first-order valence-electron chi connectivity index (χ1n) is 7.53. The van der Waals surface area contributed by atoms with Gasteiger partial charge in [0.25, 0.3) is 0 Å². The maximum absolute atomic E-state index is 4.20. The lowest BCUT2D eigenvalue weighted by Gasteiger charge is -2.16. The van der Waals surface area contributed by atoms with Gasteiger partial charge in [0.15, 0.2) is 0 Å². The van der Waals surface area contributed by atoms with Gasteiger partial charge in [-0.1, -0.05) is 37.3 Å². The quantitative estimate of drug-likeness (QED) is 0.803. The van der Waals surface area contributed by atoms with Gasteiger partial charge < -0.3 is 5.32 Å². The average Bonchev–Trinajstić information content (AvgIpc) is 2.97. The van der Waals surface area contributed by atoms with E-state index in [1.165, 1.54) is 12.1 Å². The molecule has 1 heterocycles. The van der Waals surface area contributed by atoms with Crippen LogP contribution in [-0.4, -0.2) is 27.6 Å². The first-order chi connectivity index (χ1) is 9.85. The third-order valence-corrected chi connectivity index (χ3v) is 3.55. The van der Waals surface area contributed by atoms with Gasteiger partial charge in [-0.25, -0.2) is 4.68 Å². The first-order valence-corrected chi connectivity index (χ1v) is 7.53. The van der Waals surface area contributed by atoms with Crippen LogP contribution >= 0.6 is 0 Å². The molecule has 0 fully saturated rings. The summed E-state index contributed by atoms with van der Waals surface area (Å²) in [6.45, 7) is 5.53. The van der Waals surface area contributed by atoms with Crippen LogP contribution in [-0.2, 0) is 6.42 Å². The van der Waals surface area contributed by atoms with Crippen molar-refractivity contribution < 1.29 is 0 Å². The maximum atomic E-state index is 4.20. The molecular weight excluding hydrogens is 248 g/mol. The highest BCUT2D eigenvalue weighted by Crippen LogP contribution is 2.12. The molecule has 0 aliphatic carbocycles. The normalized spacial score (nSPS) is 12.5. The zero-order valence-electron chi connectivity index (χ0n) is 12.4. The highest BCUT2D eigenvalue weighted by molar-refractivity contribution is 5.31. The van der Waals surface area contributed by atoms with E-state index in [0.717, 1.165) is 31.5 Å². The summed E-state index contributed by atoms with van der Waals surface area (Å²) in [6.07, 6.45) is 6.33. The number of hydrogen-bond acceptors (Lipinski definition) is 3. The molecule has 4 nitrogen and oxygen atoms in total. The molecule has 0 amide bonds. The third kappa shape index (κ3) is 3.90. The number of benzene rings is 1. The summed E-state index contributed by atoms with van der Waals surface area (Å²) < 4.78 is 1.94. The van der Waals surface area contributed by atoms with Gasteiger partial charge in [0, 0.05) is 6.04 Å². The van der Waals surface area contributed by atoms with Crippen molar-refractivity contribution in [2.75, 3.05) is 6.54 Å². The molecule has 20 heavy (non-hydrogen) atoms. The van der Waals surface area contributed by atoms with Gasteiger partial charge in [0.1, 0.15) is 0 Å². The van der Waals surface area contributed by atoms with E-state index < -0.39 is 0 Å². The Morgan fingerprint density at radius 1 is 1.20 bits per heavy atom. The van der Waals surface area contributed by atoms with Crippen molar-refractivity contribution in [2.45, 2.75) is 45.6 Å². The zero-order chi connectivity index (χ0) is 14.2. The van der Waals surface area contributed by atoms with E-state index in [1.54, 1.807) is 0 Å². The van der Waals surface area contributed by atoms with E-state index in [0.29, 0.717) is 6.04 Å². The number of aromatic nitrogens is 3. The van der Waals surface area contributed by atoms with Crippen molar-refractivity contribution in [1.29, 1.82) is 0 Å². The Hall–Kier alpha value is -1.68. The van der Waals surface area contributed by atoms with Crippen LogP contribution in [0.3, 0.4) is 0 Å². The molecule has 0 saturated carbocycles. The van der Waals surface area contributed by atoms with Gasteiger partial charge in [0.2, 0.25) is 0 Å². The summed E-state index contributed by atoms with van der Waals surface area (Å²) in [5.41, 5.74) is 2.25. The molecule has 2 aromatic rings. The van der Waals surface area contributed by atoms with Crippen LogP contribution in [0.25, 0.3) is 5.69 Å². The van der Waals surface area contributed by atoms with Crippen LogP contribution in [0.2, 0.25) is 0 Å². The number of hydrogen-bond donors (Lipinski definition) is 1. The SMILES string of the molecule is CCCNC(CC)CCc1cnnn1-c1ccccc1. The molecule has 1 aromatic carbocycles. The molecule has 1 unspecified atom stereocenters. The zero-order valence-corrected chi connectivity index (χ0v) is 12.4. The minimum Gasteiger partial charge on any atom is -0.314 e. The Balaban J connectivity index is 1.99. The first kappa shape index (κ1) is 14.7. The number of rotatable bonds is 8. The fourth-order valence-corrected chi connectivity index (χ4v) is 2.33. The maximum Gasteiger partial charge on any atom is 0.0729 e. The molecule has 0 radical (unpaired) electrons. The van der Waals surface area contributed by atoms with Crippen molar-refractivity contribution in [1.82, 2.24) is 20.3 Å². The molecule has 0 bridgehead atoms. The van der Waals surface area contributed by atoms with Crippen LogP contribution in [0, 0.1) is 0 Å². The number of nitrogens with one attached hydrogen (secondary N) is 1. The second-order valence-corrected chi connectivity index (χ2v) is 5.07. The van der Waals surface area contributed by atoms with E-state index in [-0.39, 0.29) is 0 Å². The van der Waals surface area contributed by atoms with Gasteiger partial charge in [0.05, 0.1) is 17.6 Å². The second kappa shape index (κ2) is 7.80. The second-order valence-electron chi connectivity index (χ2n) is 5.07. The van der Waals surface area contributed by atoms with E-state index in [4.69, 9.17) is 0 Å². The topological polar surface area (TPSA) is 42.7 Å². The largest absolute Gasteiger partial charge is 0.314 e. The Kier molecular flexibility index (Phi) is 5.74. The van der Waals surface area contributed by atoms with Crippen molar-refractivity contribution >= 4 is 0 Å². The van der Waals surface area contributed by atoms with Crippen molar-refractivity contribution in [3.63, 3.8) is 0 Å². The van der Waals surface area contributed by atoms with E-state index in [1.807, 2.05) is 29.1 Å². The highest BCUT2D eigenvalue weighted by Gasteiger charge is 2.10. The summed E-state index contributed by atoms with van der Waals surface area (Å²) in [4.78, 5) is 0. The van der Waals surface area contributed by atoms with Crippen molar-refractivity contribution in [3.05, 3.63) is 42.2 Å². The Morgan fingerprint density at radius 2 is 2.00 bits per heavy atom. The highest BCUT2D eigenvalue weighted by atomic mass is 15.4. The predicted molar refractivity (Wildman–Crippen MR) is 82.1 cm³/mol. The van der Waals surface area contributed by atoms with Crippen LogP contribution in [0.4, 0.5) is 0 Å². The number of nitrogens with zero attached hydrogens (tertiary/aromatic N) is 3. The Labute approximate surface area is 121 Å². The predicted octanol–water partition coefficient (Wildman–Crippen LogP) is 2.98. The monoisotopic (exact) mass is 272 g/mol. The Bertz CT molecular complexity index is 492. The Morgan fingerprint density at radius 3 is 2.70 bits per heavy atom. The molecule has 0 spiro atoms. The van der Waals surface area contributed by atoms with Crippen molar-refractivity contribution in [2.24, 2.45) is 0 Å². The molecule has 0 aliphatic heterocycles. The third-order valence-electron chi connectivity index (χ3n) is 3.55. The molecule has 2 rings (SSSR count). The molecule has 0 aliphatic rings. The minimum atomic E-state index is 0.578. The molecule has 1 aromatic heterocycles. The molecule has 1 atom stereocenters. The summed E-state index contributed by atoms with van der Waals surface area (Å²) in [6, 6.07) is 10.8. The van der Waals surface area contributed by atoms with Gasteiger partial charge in [-0.05, 0) is 44.4 Å². The summed E-state index contributed by atoms with van der Waals surface area (Å²) in [5, 5.41) is 11.8. The van der Waals surface area contributed by atoms with E-state index >= 15 is 0 Å². The van der Waals surface area contributed by atoms with Gasteiger partial charge in [-0.3, -0.25) is 0 Å². The number of para-hydroxylation sites is 1. The van der Waals surface area contributed by atoms with Crippen LogP contribution in [0.15, 0.2) is 36.5 Å². The van der Waals surface area contributed by atoms with Crippen LogP contribution in [0.5, 0.6) is 0 Å². The molecule has 1 N–H and O–H groups in total. The van der Waals surface area contributed by atoms with Gasteiger partial charge >= 0.3 is 0 Å². The van der Waals surface area contributed by atoms with Gasteiger partial charge in [-0.2, -0.15) is 0 Å². The fraction of sp³-hybridized carbons (Fsp3) is 0.500. The van der Waals surface area contributed by atoms with E-state index in [2.05, 4.69) is 41.6 Å². The summed E-state index contributed by atoms with van der Waals surface area (Å²) in [5.74, 6) is 0. The number of aryl methyl sites for hydroxylation is 1. The van der Waals surface area contributed by atoms with Crippen LogP contribution in [0.1, 0.15) is 38.8 Å². The molecule has 4 heteroatoms. The standard InChI is InChI=1S/C16H24N4/c1-3-12-17-14(4-2)10-11-16-13-18-19-20(16)15-8-6-5-7-9-15/h5-9,13-14,17H,3-4,10-12H2,1-2H3. The minimum absolute atomic E-state index is 0.578. The summed E-state index contributed by atoms with van der Waals surface area (Å²) in [7, 11) is 0. The lowest BCUT2D eigenvalue weighted by atomic mass is 10.1. The van der Waals surface area contributed by atoms with E-state index in [9.17, 15) is 0 Å². The fourth-order valence-electron chi connectivity index (χ4n) is 2.33. The lowest BCUT2D eigenvalue weighted by Crippen LogP contribution is -2.29. The smallest absolute Gasteiger partial charge is 0.0729 e. The lowest BCUT2D eigenvalue weighted by molar-refractivity contribution is 0.464. The average molecular weight is 272 g/mol. The molecular formula is C16H24N4. The molecule has 108 valence electrons.